The number of nitrogens with one attached hydrogen (secondary N) is 2. The molecule has 1 aromatic rings. The number of amides is 3. The second kappa shape index (κ2) is 9.80. The summed E-state index contributed by atoms with van der Waals surface area (Å²) in [7, 11) is 0. The summed E-state index contributed by atoms with van der Waals surface area (Å²) in [4.78, 5) is 22.8. The van der Waals surface area contributed by atoms with Gasteiger partial charge in [0.15, 0.2) is 8.68 Å². The van der Waals surface area contributed by atoms with Gasteiger partial charge in [-0.3, -0.25) is 10.1 Å². The zero-order valence-corrected chi connectivity index (χ0v) is 14.4. The molecule has 0 aliphatic heterocycles. The van der Waals surface area contributed by atoms with Gasteiger partial charge in [-0.15, -0.1) is 10.2 Å². The molecule has 0 saturated heterocycles. The van der Waals surface area contributed by atoms with Crippen LogP contribution >= 0.6 is 34.9 Å². The number of nitrogens with zero attached hydrogens (tertiary/aromatic N) is 2. The fraction of sp³-hybridized carbons (Fsp3) is 0.500. The van der Waals surface area contributed by atoms with Crippen molar-refractivity contribution in [3.05, 3.63) is 12.2 Å². The first-order valence-corrected chi connectivity index (χ1v) is 9.11. The molecule has 116 valence electrons. The lowest BCUT2D eigenvalue weighted by molar-refractivity contribution is -0.117. The van der Waals surface area contributed by atoms with Gasteiger partial charge in [-0.1, -0.05) is 53.9 Å². The summed E-state index contributed by atoms with van der Waals surface area (Å²) in [6.45, 7) is 8.27. The largest absolute Gasteiger partial charge is 0.338 e. The molecule has 0 unspecified atom stereocenters. The molecule has 0 spiro atoms. The molecule has 9 heteroatoms. The van der Waals surface area contributed by atoms with E-state index in [1.54, 1.807) is 11.8 Å². The highest BCUT2D eigenvalue weighted by Gasteiger charge is 2.10. The summed E-state index contributed by atoms with van der Waals surface area (Å²) in [5, 5.41) is 12.9. The number of hydrogen-bond donors (Lipinski definition) is 2. The van der Waals surface area contributed by atoms with Crippen LogP contribution in [0.25, 0.3) is 0 Å². The highest BCUT2D eigenvalue weighted by molar-refractivity contribution is 8.03. The smallest absolute Gasteiger partial charge is 0.321 e. The van der Waals surface area contributed by atoms with Crippen molar-refractivity contribution in [2.24, 2.45) is 0 Å². The molecule has 0 aliphatic carbocycles. The fourth-order valence-electron chi connectivity index (χ4n) is 1.07. The minimum Gasteiger partial charge on any atom is -0.338 e. The maximum Gasteiger partial charge on any atom is 0.321 e. The van der Waals surface area contributed by atoms with E-state index in [9.17, 15) is 9.59 Å². The Labute approximate surface area is 136 Å². The summed E-state index contributed by atoms with van der Waals surface area (Å²) in [6.07, 6.45) is 0.825. The van der Waals surface area contributed by atoms with E-state index in [4.69, 9.17) is 0 Å². The maximum absolute atomic E-state index is 11.6. The van der Waals surface area contributed by atoms with Gasteiger partial charge < -0.3 is 5.32 Å². The van der Waals surface area contributed by atoms with Crippen molar-refractivity contribution in [2.45, 2.75) is 28.9 Å². The monoisotopic (exact) mass is 346 g/mol. The number of carbonyl (C=O) groups is 2. The molecule has 3 amide bonds. The van der Waals surface area contributed by atoms with E-state index < -0.39 is 6.03 Å². The highest BCUT2D eigenvalue weighted by Crippen LogP contribution is 2.29. The summed E-state index contributed by atoms with van der Waals surface area (Å²) in [6, 6.07) is -0.461. The van der Waals surface area contributed by atoms with Gasteiger partial charge in [0.05, 0.1) is 5.75 Å². The molecule has 1 heterocycles. The fourth-order valence-corrected chi connectivity index (χ4v) is 3.73. The third kappa shape index (κ3) is 8.08. The minimum absolute atomic E-state index is 0.138. The third-order valence-electron chi connectivity index (χ3n) is 1.95. The van der Waals surface area contributed by atoms with Crippen LogP contribution in [0.15, 0.2) is 20.8 Å². The molecule has 21 heavy (non-hydrogen) atoms. The van der Waals surface area contributed by atoms with Crippen molar-refractivity contribution in [3.63, 3.8) is 0 Å². The first kappa shape index (κ1) is 18.0. The van der Waals surface area contributed by atoms with Gasteiger partial charge in [-0.05, 0) is 13.3 Å². The predicted molar refractivity (Wildman–Crippen MR) is 88.0 cm³/mol. The van der Waals surface area contributed by atoms with Crippen molar-refractivity contribution in [1.82, 2.24) is 20.8 Å². The van der Waals surface area contributed by atoms with Gasteiger partial charge in [0.1, 0.15) is 0 Å². The summed E-state index contributed by atoms with van der Waals surface area (Å²) in [5.41, 5.74) is 1.07. The Balaban J connectivity index is 2.29. The van der Waals surface area contributed by atoms with E-state index >= 15 is 0 Å². The standard InChI is InChI=1S/C12H18N4O2S3/c1-4-5-13-10(18)14-9(17)7-20-12-16-15-11(21-12)19-6-8(2)3/h2,4-7H2,1,3H3,(H2,13,14,17,18). The zero-order valence-electron chi connectivity index (χ0n) is 12.0. The third-order valence-corrected chi connectivity index (χ3v) is 5.37. The molecular formula is C12H18N4O2S3. The van der Waals surface area contributed by atoms with Crippen molar-refractivity contribution in [2.75, 3.05) is 18.1 Å². The Bertz CT molecular complexity index is 504. The normalized spacial score (nSPS) is 10.2. The quantitative estimate of drug-likeness (QED) is 0.556. The molecule has 1 aromatic heterocycles. The lowest BCUT2D eigenvalue weighted by atomic mass is 10.4. The molecule has 0 bridgehead atoms. The van der Waals surface area contributed by atoms with Crippen LogP contribution < -0.4 is 10.6 Å². The topological polar surface area (TPSA) is 84.0 Å². The molecule has 0 atom stereocenters. The molecule has 1 rings (SSSR count). The lowest BCUT2D eigenvalue weighted by Gasteiger charge is -2.04. The van der Waals surface area contributed by atoms with Gasteiger partial charge in [0.2, 0.25) is 5.91 Å². The van der Waals surface area contributed by atoms with Crippen molar-refractivity contribution < 1.29 is 9.59 Å². The second-order valence-corrected chi connectivity index (χ2v) is 7.59. The van der Waals surface area contributed by atoms with Gasteiger partial charge in [0.25, 0.3) is 0 Å². The van der Waals surface area contributed by atoms with Gasteiger partial charge >= 0.3 is 6.03 Å². The first-order valence-electron chi connectivity index (χ1n) is 6.32. The molecule has 0 fully saturated rings. The van der Waals surface area contributed by atoms with Crippen molar-refractivity contribution in [1.29, 1.82) is 0 Å². The van der Waals surface area contributed by atoms with Crippen LogP contribution in [0.4, 0.5) is 4.79 Å². The number of urea groups is 1. The summed E-state index contributed by atoms with van der Waals surface area (Å²) < 4.78 is 1.56. The molecule has 0 radical (unpaired) electrons. The van der Waals surface area contributed by atoms with Gasteiger partial charge in [0, 0.05) is 12.3 Å². The number of carbonyl (C=O) groups excluding carboxylic acids is 2. The van der Waals surface area contributed by atoms with E-state index in [0.717, 1.165) is 22.1 Å². The SMILES string of the molecule is C=C(C)CSc1nnc(SCC(=O)NC(=O)NCCC)s1. The van der Waals surface area contributed by atoms with Crippen LogP contribution in [0, 0.1) is 0 Å². The van der Waals surface area contributed by atoms with Crippen LogP contribution in [0.1, 0.15) is 20.3 Å². The Kier molecular flexibility index (Phi) is 8.40. The van der Waals surface area contributed by atoms with E-state index in [2.05, 4.69) is 27.4 Å². The van der Waals surface area contributed by atoms with E-state index in [0.29, 0.717) is 10.9 Å². The molecule has 0 aliphatic rings. The van der Waals surface area contributed by atoms with Crippen LogP contribution in [0.3, 0.4) is 0 Å². The van der Waals surface area contributed by atoms with E-state index in [-0.39, 0.29) is 11.7 Å². The average Bonchev–Trinajstić information content (AvgIpc) is 2.88. The summed E-state index contributed by atoms with van der Waals surface area (Å²) >= 11 is 4.27. The average molecular weight is 347 g/mol. The van der Waals surface area contributed by atoms with Gasteiger partial charge in [-0.25, -0.2) is 4.79 Å². The zero-order chi connectivity index (χ0) is 15.7. The van der Waals surface area contributed by atoms with Crippen molar-refractivity contribution in [3.8, 4) is 0 Å². The molecule has 2 N–H and O–H groups in total. The Morgan fingerprint density at radius 2 is 1.86 bits per heavy atom. The lowest BCUT2D eigenvalue weighted by Crippen LogP contribution is -2.40. The van der Waals surface area contributed by atoms with Crippen LogP contribution in [0.5, 0.6) is 0 Å². The molecule has 6 nitrogen and oxygen atoms in total. The predicted octanol–water partition coefficient (Wildman–Crippen LogP) is 2.53. The minimum atomic E-state index is -0.461. The van der Waals surface area contributed by atoms with Crippen LogP contribution in [-0.2, 0) is 4.79 Å². The summed E-state index contributed by atoms with van der Waals surface area (Å²) in [5.74, 6) is 0.594. The highest BCUT2D eigenvalue weighted by atomic mass is 32.2. The Hall–Kier alpha value is -1.06. The molecular weight excluding hydrogens is 328 g/mol. The Morgan fingerprint density at radius 3 is 2.43 bits per heavy atom. The second-order valence-electron chi connectivity index (χ2n) is 4.17. The number of thioether (sulfide) groups is 2. The number of aromatic nitrogens is 2. The molecule has 0 aromatic carbocycles. The maximum atomic E-state index is 11.6. The number of imide groups is 1. The van der Waals surface area contributed by atoms with Gasteiger partial charge in [-0.2, -0.15) is 0 Å². The van der Waals surface area contributed by atoms with Crippen LogP contribution in [-0.4, -0.2) is 40.2 Å². The number of rotatable bonds is 8. The van der Waals surface area contributed by atoms with E-state index in [1.165, 1.54) is 23.1 Å². The number of hydrogen-bond acceptors (Lipinski definition) is 7. The van der Waals surface area contributed by atoms with Crippen molar-refractivity contribution >= 4 is 46.8 Å². The Morgan fingerprint density at radius 1 is 1.24 bits per heavy atom. The first-order chi connectivity index (χ1) is 10.0. The molecule has 0 saturated carbocycles. The van der Waals surface area contributed by atoms with Crippen LogP contribution in [0.2, 0.25) is 0 Å². The van der Waals surface area contributed by atoms with E-state index in [1.807, 2.05) is 13.8 Å².